The normalized spacial score (nSPS) is 11.9. The van der Waals surface area contributed by atoms with Gasteiger partial charge in [-0.1, -0.05) is 47.5 Å². The molecule has 0 saturated carbocycles. The quantitative estimate of drug-likeness (QED) is 0.246. The molecule has 0 aliphatic heterocycles. The van der Waals surface area contributed by atoms with Gasteiger partial charge in [-0.2, -0.15) is 0 Å². The van der Waals surface area contributed by atoms with Crippen LogP contribution in [0.3, 0.4) is 0 Å². The molecule has 0 atom stereocenters. The molecule has 0 aliphatic rings. The van der Waals surface area contributed by atoms with E-state index >= 15 is 0 Å². The van der Waals surface area contributed by atoms with E-state index < -0.39 is 0 Å². The van der Waals surface area contributed by atoms with Crippen LogP contribution in [0.4, 0.5) is 11.4 Å². The maximum absolute atomic E-state index is 6.18. The molecule has 1 aromatic heterocycles. The van der Waals surface area contributed by atoms with Crippen LogP contribution in [0.5, 0.6) is 0 Å². The first-order valence-electron chi connectivity index (χ1n) is 8.01. The number of halogens is 4. The zero-order valence-electron chi connectivity index (χ0n) is 14.9. The van der Waals surface area contributed by atoms with Crippen molar-refractivity contribution in [2.45, 2.75) is 13.8 Å². The van der Waals surface area contributed by atoms with Crippen molar-refractivity contribution in [2.75, 3.05) is 0 Å². The number of nitrogens with zero attached hydrogens (tertiary/aromatic N) is 2. The molecule has 2 aromatic carbocycles. The van der Waals surface area contributed by atoms with E-state index in [0.29, 0.717) is 10.0 Å². The van der Waals surface area contributed by atoms with Gasteiger partial charge in [-0.15, -0.1) is 11.3 Å². The van der Waals surface area contributed by atoms with E-state index in [2.05, 4.69) is 22.1 Å². The van der Waals surface area contributed by atoms with Crippen molar-refractivity contribution in [2.24, 2.45) is 9.98 Å². The minimum atomic E-state index is 0.194. The molecule has 0 amide bonds. The molecule has 0 aliphatic carbocycles. The summed E-state index contributed by atoms with van der Waals surface area (Å²) in [6.07, 6.45) is 0. The van der Waals surface area contributed by atoms with Crippen molar-refractivity contribution < 1.29 is 13.1 Å². The molecule has 148 valence electrons. The van der Waals surface area contributed by atoms with Gasteiger partial charge in [-0.05, 0) is 50.2 Å². The molecule has 0 N–H and O–H groups in total. The van der Waals surface area contributed by atoms with Gasteiger partial charge in [0.25, 0.3) is 0 Å². The molecule has 3 aromatic rings. The Labute approximate surface area is 193 Å². The summed E-state index contributed by atoms with van der Waals surface area (Å²) in [5.41, 5.74) is 3.40. The second kappa shape index (κ2) is 12.0. The van der Waals surface area contributed by atoms with Crippen LogP contribution in [-0.2, 0) is 13.1 Å². The Bertz CT molecular complexity index is 910. The van der Waals surface area contributed by atoms with Gasteiger partial charge in [0.05, 0.1) is 32.8 Å². The minimum absolute atomic E-state index is 0.194. The molecule has 2 nitrogen and oxygen atoms in total. The van der Waals surface area contributed by atoms with Crippen LogP contribution in [0.2, 0.25) is 10.0 Å². The van der Waals surface area contributed by atoms with Crippen LogP contribution in [0.25, 0.3) is 0 Å². The van der Waals surface area contributed by atoms with Crippen LogP contribution in [0.15, 0.2) is 70.6 Å². The average Bonchev–Trinajstić information content (AvgIpc) is 3.17. The van der Waals surface area contributed by atoms with Crippen LogP contribution in [0.1, 0.15) is 23.6 Å². The molecule has 0 spiro atoms. The van der Waals surface area contributed by atoms with Crippen molar-refractivity contribution in [1.82, 2.24) is 0 Å². The fourth-order valence-corrected chi connectivity index (χ4v) is 3.53. The van der Waals surface area contributed by atoms with Gasteiger partial charge < -0.3 is 0 Å². The third-order valence-corrected chi connectivity index (χ3v) is 5.54. The van der Waals surface area contributed by atoms with E-state index in [1.54, 1.807) is 11.3 Å². The number of hydrogen-bond donors (Lipinski definition) is 0. The van der Waals surface area contributed by atoms with E-state index in [9.17, 15) is 0 Å². The van der Waals surface area contributed by atoms with E-state index in [-0.39, 0.29) is 13.1 Å². The van der Waals surface area contributed by atoms with E-state index in [1.807, 2.05) is 62.4 Å². The van der Waals surface area contributed by atoms with Crippen molar-refractivity contribution in [3.05, 3.63) is 80.5 Å². The SMILES string of the molecule is CC(=Nc1ccccc1Cl)c1ccc(C(C)=Nc2ccccc2Cl)s1.[Cl][Fe][Cl]. The fourth-order valence-electron chi connectivity index (χ4n) is 2.28. The summed E-state index contributed by atoms with van der Waals surface area (Å²) >= 11 is 14.2. The van der Waals surface area contributed by atoms with Gasteiger partial charge >= 0.3 is 33.3 Å². The molecule has 0 fully saturated rings. The van der Waals surface area contributed by atoms with Crippen LogP contribution in [0, 0.1) is 0 Å². The Kier molecular flexibility index (Phi) is 10.0. The van der Waals surface area contributed by atoms with Gasteiger partial charge in [-0.3, -0.25) is 9.98 Å². The number of hydrogen-bond acceptors (Lipinski definition) is 3. The first kappa shape index (κ1) is 23.4. The molecule has 0 unspecified atom stereocenters. The summed E-state index contributed by atoms with van der Waals surface area (Å²) in [5.74, 6) is 0. The topological polar surface area (TPSA) is 24.7 Å². The van der Waals surface area contributed by atoms with E-state index in [1.165, 1.54) is 0 Å². The fraction of sp³-hybridized carbons (Fsp3) is 0.100. The second-order valence-electron chi connectivity index (χ2n) is 5.51. The molecule has 0 saturated heterocycles. The summed E-state index contributed by atoms with van der Waals surface area (Å²) in [4.78, 5) is 11.4. The Morgan fingerprint density at radius 2 is 1.07 bits per heavy atom. The van der Waals surface area contributed by atoms with Gasteiger partial charge in [0.15, 0.2) is 0 Å². The molecule has 8 heteroatoms. The number of rotatable bonds is 4. The summed E-state index contributed by atoms with van der Waals surface area (Å²) < 4.78 is 0. The van der Waals surface area contributed by atoms with E-state index in [0.717, 1.165) is 32.6 Å². The third kappa shape index (κ3) is 6.89. The molecule has 0 radical (unpaired) electrons. The first-order chi connectivity index (χ1) is 13.5. The van der Waals surface area contributed by atoms with Crippen LogP contribution in [-0.4, -0.2) is 11.4 Å². The Hall–Kier alpha value is -0.841. The van der Waals surface area contributed by atoms with Crippen molar-refractivity contribution in [3.63, 3.8) is 0 Å². The maximum atomic E-state index is 6.18. The van der Waals surface area contributed by atoms with Gasteiger partial charge in [-0.25, -0.2) is 0 Å². The van der Waals surface area contributed by atoms with Crippen molar-refractivity contribution in [3.8, 4) is 0 Å². The number of aliphatic imine (C=N–C) groups is 2. The Morgan fingerprint density at radius 3 is 1.43 bits per heavy atom. The number of benzene rings is 2. The summed E-state index contributed by atoms with van der Waals surface area (Å²) in [5, 5.41) is 1.30. The van der Waals surface area contributed by atoms with Gasteiger partial charge in [0.2, 0.25) is 0 Å². The van der Waals surface area contributed by atoms with Gasteiger partial charge in [0.1, 0.15) is 0 Å². The molecule has 28 heavy (non-hydrogen) atoms. The molecule has 1 heterocycles. The third-order valence-electron chi connectivity index (χ3n) is 3.60. The standard InChI is InChI=1S/C20H16Cl2N2S.2ClH.Fe/c1-13(23-17-9-5-3-7-15(17)21)19-11-12-20(25-19)14(2)24-18-10-6-4-8-16(18)22;;;/h3-12H,1-2H3;2*1H;/q;;;+2/p-2. The van der Waals surface area contributed by atoms with Gasteiger partial charge in [0, 0.05) is 9.75 Å². The Morgan fingerprint density at radius 1 is 0.714 bits per heavy atom. The van der Waals surface area contributed by atoms with Crippen LogP contribution >= 0.6 is 54.7 Å². The zero-order chi connectivity index (χ0) is 20.5. The molecular formula is C20H16Cl4FeN2S. The molecule has 0 bridgehead atoms. The van der Waals surface area contributed by atoms with E-state index in [4.69, 9.17) is 43.4 Å². The summed E-state index contributed by atoms with van der Waals surface area (Å²) in [7, 11) is 9.53. The predicted octanol–water partition coefficient (Wildman–Crippen LogP) is 8.71. The molecule has 3 rings (SSSR count). The first-order valence-corrected chi connectivity index (χ1v) is 12.6. The number of thiophene rings is 1. The monoisotopic (exact) mass is 512 g/mol. The van der Waals surface area contributed by atoms with Crippen LogP contribution < -0.4 is 0 Å². The average molecular weight is 514 g/mol. The predicted molar refractivity (Wildman–Crippen MR) is 123 cm³/mol. The second-order valence-corrected chi connectivity index (χ2v) is 9.23. The Balaban J connectivity index is 0.000000878. The van der Waals surface area contributed by atoms with Crippen molar-refractivity contribution >= 4 is 77.5 Å². The number of para-hydroxylation sites is 2. The van der Waals surface area contributed by atoms with Crippen molar-refractivity contribution in [1.29, 1.82) is 0 Å². The zero-order valence-corrected chi connectivity index (χ0v) is 19.9. The molecular weight excluding hydrogens is 498 g/mol. The summed E-state index contributed by atoms with van der Waals surface area (Å²) in [6, 6.07) is 19.3. The summed E-state index contributed by atoms with van der Waals surface area (Å²) in [6.45, 7) is 3.97.